The Labute approximate surface area is 238 Å². The Morgan fingerprint density at radius 3 is 2.13 bits per heavy atom. The van der Waals surface area contributed by atoms with E-state index in [0.29, 0.717) is 24.5 Å². The molecule has 0 amide bonds. The van der Waals surface area contributed by atoms with Gasteiger partial charge in [-0.2, -0.15) is 0 Å². The number of ether oxygens (including phenoxy) is 4. The number of rotatable bonds is 22. The van der Waals surface area contributed by atoms with Crippen molar-refractivity contribution in [1.82, 2.24) is 14.5 Å². The summed E-state index contributed by atoms with van der Waals surface area (Å²) in [5, 5.41) is 0. The number of aryl methyl sites for hydroxylation is 1. The van der Waals surface area contributed by atoms with Crippen molar-refractivity contribution < 1.29 is 18.9 Å². The van der Waals surface area contributed by atoms with Gasteiger partial charge in [0.05, 0.1) is 33.9 Å². The van der Waals surface area contributed by atoms with Crippen molar-refractivity contribution in [3.8, 4) is 0 Å². The highest BCUT2D eigenvalue weighted by Crippen LogP contribution is 2.45. The number of hydrogen-bond acceptors (Lipinski definition) is 6. The molecule has 2 unspecified atom stereocenters. The van der Waals surface area contributed by atoms with E-state index in [1.54, 1.807) is 21.3 Å². The molecule has 0 spiro atoms. The molecule has 0 N–H and O–H groups in total. The maximum atomic E-state index is 6.82. The first kappa shape index (κ1) is 33.2. The highest BCUT2D eigenvalue weighted by atomic mass is 16.5. The quantitative estimate of drug-likeness (QED) is 0.141. The molecule has 2 rings (SSSR count). The van der Waals surface area contributed by atoms with Gasteiger partial charge >= 0.3 is 0 Å². The molecule has 0 bridgehead atoms. The van der Waals surface area contributed by atoms with E-state index in [-0.39, 0.29) is 5.92 Å². The molecule has 0 radical (unpaired) electrons. The fraction of sp³-hybridized carbons (Fsp3) is 0.781. The van der Waals surface area contributed by atoms with Gasteiger partial charge < -0.3 is 28.4 Å². The molecule has 1 aliphatic rings. The van der Waals surface area contributed by atoms with Gasteiger partial charge in [0, 0.05) is 31.9 Å². The predicted molar refractivity (Wildman–Crippen MR) is 160 cm³/mol. The van der Waals surface area contributed by atoms with E-state index in [2.05, 4.69) is 49.7 Å². The van der Waals surface area contributed by atoms with E-state index >= 15 is 0 Å². The average molecular weight is 548 g/mol. The maximum absolute atomic E-state index is 6.82. The topological polar surface area (TPSA) is 58.0 Å². The second-order valence-corrected chi connectivity index (χ2v) is 11.2. The number of aromatic nitrogens is 2. The zero-order chi connectivity index (χ0) is 28.5. The molecule has 0 aromatic carbocycles. The second-order valence-electron chi connectivity index (χ2n) is 11.2. The largest absolute Gasteiger partial charge is 0.497 e. The first-order valence-corrected chi connectivity index (χ1v) is 15.3. The molecule has 224 valence electrons. The van der Waals surface area contributed by atoms with Crippen LogP contribution >= 0.6 is 0 Å². The van der Waals surface area contributed by atoms with Crippen LogP contribution in [0.5, 0.6) is 0 Å². The van der Waals surface area contributed by atoms with Crippen LogP contribution in [-0.4, -0.2) is 68.6 Å². The summed E-state index contributed by atoms with van der Waals surface area (Å²) in [7, 11) is 9.16. The van der Waals surface area contributed by atoms with Crippen molar-refractivity contribution >= 4 is 0 Å². The van der Waals surface area contributed by atoms with E-state index in [4.69, 9.17) is 23.9 Å². The Balaban J connectivity index is 2.18. The molecule has 0 fully saturated rings. The molecule has 7 heteroatoms. The van der Waals surface area contributed by atoms with Crippen LogP contribution in [0.25, 0.3) is 0 Å². The fourth-order valence-electron chi connectivity index (χ4n) is 5.64. The highest BCUT2D eigenvalue weighted by Gasteiger charge is 2.46. The molecule has 1 aromatic rings. The third-order valence-corrected chi connectivity index (χ3v) is 7.85. The summed E-state index contributed by atoms with van der Waals surface area (Å²) < 4.78 is 26.5. The summed E-state index contributed by atoms with van der Waals surface area (Å²) in [6.45, 7) is 6.92. The van der Waals surface area contributed by atoms with Gasteiger partial charge in [0.25, 0.3) is 0 Å². The van der Waals surface area contributed by atoms with Gasteiger partial charge in [-0.3, -0.25) is 0 Å². The number of nitrogens with zero attached hydrogens (tertiary/aromatic N) is 3. The molecule has 0 aliphatic heterocycles. The Hall–Kier alpha value is -1.99. The molecular weight excluding hydrogens is 490 g/mol. The van der Waals surface area contributed by atoms with Crippen LogP contribution in [0, 0.1) is 0 Å². The number of likely N-dealkylation sites (N-methyl/N-ethyl adjacent to an activating group) is 1. The maximum Gasteiger partial charge on any atom is 0.198 e. The monoisotopic (exact) mass is 547 g/mol. The molecule has 0 saturated carbocycles. The number of unbranched alkanes of at least 4 members (excludes halogenated alkanes) is 9. The van der Waals surface area contributed by atoms with E-state index in [9.17, 15) is 0 Å². The van der Waals surface area contributed by atoms with Crippen LogP contribution in [-0.2, 0) is 25.5 Å². The minimum Gasteiger partial charge on any atom is -0.497 e. The van der Waals surface area contributed by atoms with Gasteiger partial charge in [-0.1, -0.05) is 78.1 Å². The number of hydrogen-bond donors (Lipinski definition) is 0. The number of imidazole rings is 1. The van der Waals surface area contributed by atoms with Crippen LogP contribution in [0.1, 0.15) is 109 Å². The van der Waals surface area contributed by atoms with Crippen LogP contribution in [0.15, 0.2) is 35.7 Å². The van der Waals surface area contributed by atoms with Crippen molar-refractivity contribution in [3.63, 3.8) is 0 Å². The predicted octanol–water partition coefficient (Wildman–Crippen LogP) is 7.44. The van der Waals surface area contributed by atoms with Gasteiger partial charge in [-0.15, -0.1) is 0 Å². The zero-order valence-electron chi connectivity index (χ0n) is 26.1. The van der Waals surface area contributed by atoms with Crippen molar-refractivity contribution in [3.05, 3.63) is 41.6 Å². The van der Waals surface area contributed by atoms with E-state index < -0.39 is 5.60 Å². The van der Waals surface area contributed by atoms with E-state index in [1.165, 1.54) is 64.2 Å². The standard InChI is InChI=1S/C32H57N3O4/c1-8-10-11-12-13-14-15-16-17-18-21-35-22-20-33-31(35)27(19-9-2)32(39-24-23-34(3)4)25-28(36-5)30(38-7)29(26-32)37-6/h20,22,25,27H,8-19,21,23-24,26H2,1-7H3. The van der Waals surface area contributed by atoms with Crippen LogP contribution < -0.4 is 0 Å². The van der Waals surface area contributed by atoms with Crippen LogP contribution in [0.3, 0.4) is 0 Å². The molecule has 1 aliphatic carbocycles. The normalized spacial score (nSPS) is 18.4. The van der Waals surface area contributed by atoms with Crippen LogP contribution in [0.2, 0.25) is 0 Å². The van der Waals surface area contributed by atoms with Gasteiger partial charge in [-0.25, -0.2) is 4.98 Å². The van der Waals surface area contributed by atoms with Gasteiger partial charge in [-0.05, 0) is 33.0 Å². The Morgan fingerprint density at radius 2 is 1.56 bits per heavy atom. The molecular formula is C32H57N3O4. The summed E-state index contributed by atoms with van der Waals surface area (Å²) in [6, 6.07) is 0. The van der Waals surface area contributed by atoms with E-state index in [1.807, 2.05) is 6.20 Å². The molecule has 1 aromatic heterocycles. The summed E-state index contributed by atoms with van der Waals surface area (Å²) in [5.74, 6) is 3.17. The van der Waals surface area contributed by atoms with E-state index in [0.717, 1.165) is 37.5 Å². The van der Waals surface area contributed by atoms with Gasteiger partial charge in [0.15, 0.2) is 11.5 Å². The lowest BCUT2D eigenvalue weighted by molar-refractivity contribution is -0.0520. The summed E-state index contributed by atoms with van der Waals surface area (Å²) >= 11 is 0. The van der Waals surface area contributed by atoms with Crippen molar-refractivity contribution in [2.45, 2.75) is 115 Å². The van der Waals surface area contributed by atoms with Crippen LogP contribution in [0.4, 0.5) is 0 Å². The summed E-state index contributed by atoms with van der Waals surface area (Å²) in [4.78, 5) is 7.06. The molecule has 0 saturated heterocycles. The number of methoxy groups -OCH3 is 3. The van der Waals surface area contributed by atoms with Crippen molar-refractivity contribution in [1.29, 1.82) is 0 Å². The molecule has 2 atom stereocenters. The fourth-order valence-corrected chi connectivity index (χ4v) is 5.64. The smallest absolute Gasteiger partial charge is 0.198 e. The van der Waals surface area contributed by atoms with Gasteiger partial charge in [0.2, 0.25) is 0 Å². The van der Waals surface area contributed by atoms with Crippen molar-refractivity contribution in [2.24, 2.45) is 0 Å². The molecule has 1 heterocycles. The minimum absolute atomic E-state index is 0.0523. The summed E-state index contributed by atoms with van der Waals surface area (Å²) in [6.07, 6.45) is 22.1. The Kier molecular flexibility index (Phi) is 15.7. The zero-order valence-corrected chi connectivity index (χ0v) is 26.1. The molecule has 39 heavy (non-hydrogen) atoms. The SMILES string of the molecule is CCCCCCCCCCCCn1ccnc1C(CCC)C1(OCCN(C)C)C=C(OC)C(OC)=C(OC)C1. The molecule has 7 nitrogen and oxygen atoms in total. The highest BCUT2D eigenvalue weighted by molar-refractivity contribution is 5.36. The first-order chi connectivity index (χ1) is 19.0. The lowest BCUT2D eigenvalue weighted by Crippen LogP contribution is -2.43. The third-order valence-electron chi connectivity index (χ3n) is 7.85. The Bertz CT molecular complexity index is 863. The van der Waals surface area contributed by atoms with Crippen molar-refractivity contribution in [2.75, 3.05) is 48.6 Å². The third kappa shape index (κ3) is 10.2. The summed E-state index contributed by atoms with van der Waals surface area (Å²) in [5.41, 5.74) is -0.647. The first-order valence-electron chi connectivity index (χ1n) is 15.3. The average Bonchev–Trinajstić information content (AvgIpc) is 3.39. The minimum atomic E-state index is -0.647. The Morgan fingerprint density at radius 1 is 0.897 bits per heavy atom. The second kappa shape index (κ2) is 18.4. The lowest BCUT2D eigenvalue weighted by Gasteiger charge is -2.41. The van der Waals surface area contributed by atoms with Gasteiger partial charge in [0.1, 0.15) is 17.2 Å². The lowest BCUT2D eigenvalue weighted by atomic mass is 9.77.